The van der Waals surface area contributed by atoms with Gasteiger partial charge in [0.25, 0.3) is 5.91 Å². The Balaban J connectivity index is 1.82. The number of hydrogen-bond donors (Lipinski definition) is 1. The fourth-order valence-corrected chi connectivity index (χ4v) is 3.00. The van der Waals surface area contributed by atoms with Crippen LogP contribution in [0.5, 0.6) is 5.75 Å². The molecule has 1 N–H and O–H groups in total. The Morgan fingerprint density at radius 1 is 1.21 bits per heavy atom. The largest absolute Gasteiger partial charge is 0.497 e. The van der Waals surface area contributed by atoms with Crippen molar-refractivity contribution < 1.29 is 22.7 Å². The van der Waals surface area contributed by atoms with Crippen LogP contribution in [0.3, 0.4) is 0 Å². The molecule has 0 atom stereocenters. The highest BCUT2D eigenvalue weighted by Crippen LogP contribution is 2.29. The van der Waals surface area contributed by atoms with Gasteiger partial charge in [0.2, 0.25) is 0 Å². The first-order chi connectivity index (χ1) is 13.6. The van der Waals surface area contributed by atoms with Crippen LogP contribution in [0.25, 0.3) is 0 Å². The lowest BCUT2D eigenvalue weighted by molar-refractivity contribution is -0.143. The van der Waals surface area contributed by atoms with Crippen LogP contribution in [0.1, 0.15) is 33.1 Å². The summed E-state index contributed by atoms with van der Waals surface area (Å²) in [5.41, 5.74) is 1.30. The molecule has 3 rings (SSSR count). The van der Waals surface area contributed by atoms with Crippen molar-refractivity contribution in [3.05, 3.63) is 58.7 Å². The van der Waals surface area contributed by atoms with Gasteiger partial charge in [0.15, 0.2) is 5.69 Å². The number of alkyl halides is 3. The van der Waals surface area contributed by atoms with E-state index in [1.165, 1.54) is 0 Å². The number of aryl methyl sites for hydroxylation is 2. The summed E-state index contributed by atoms with van der Waals surface area (Å²) >= 11 is 0. The smallest absolute Gasteiger partial charge is 0.433 e. The van der Waals surface area contributed by atoms with Crippen LogP contribution in [0, 0.1) is 13.8 Å². The standard InChI is InChI=1S/C19H20F3N5O2/c1-11-17(23-18(28)15-9-16(19(20,21)22)26(3)25-15)12(2)27(24-11)10-13-6-5-7-14(8-13)29-4/h5-9H,10H2,1-4H3,(H,23,28). The topological polar surface area (TPSA) is 74.0 Å². The molecule has 0 aliphatic heterocycles. The molecular weight excluding hydrogens is 387 g/mol. The number of rotatable bonds is 5. The van der Waals surface area contributed by atoms with Crippen molar-refractivity contribution in [1.29, 1.82) is 0 Å². The van der Waals surface area contributed by atoms with Crippen molar-refractivity contribution in [3.8, 4) is 5.75 Å². The lowest BCUT2D eigenvalue weighted by atomic mass is 10.2. The average Bonchev–Trinajstić information content (AvgIpc) is 3.17. The third kappa shape index (κ3) is 4.25. The molecule has 0 bridgehead atoms. The number of aromatic nitrogens is 4. The first-order valence-electron chi connectivity index (χ1n) is 8.69. The van der Waals surface area contributed by atoms with E-state index in [0.29, 0.717) is 34.1 Å². The molecule has 0 saturated heterocycles. The van der Waals surface area contributed by atoms with Crippen molar-refractivity contribution in [2.45, 2.75) is 26.6 Å². The molecule has 0 fully saturated rings. The molecule has 154 valence electrons. The van der Waals surface area contributed by atoms with E-state index in [0.717, 1.165) is 18.7 Å². The fraction of sp³-hybridized carbons (Fsp3) is 0.316. The molecule has 0 spiro atoms. The van der Waals surface area contributed by atoms with E-state index >= 15 is 0 Å². The van der Waals surface area contributed by atoms with Crippen LogP contribution in [0.15, 0.2) is 30.3 Å². The predicted molar refractivity (Wildman–Crippen MR) is 100.0 cm³/mol. The van der Waals surface area contributed by atoms with Gasteiger partial charge in [-0.2, -0.15) is 23.4 Å². The van der Waals surface area contributed by atoms with Gasteiger partial charge in [-0.15, -0.1) is 0 Å². The van der Waals surface area contributed by atoms with Gasteiger partial charge < -0.3 is 10.1 Å². The van der Waals surface area contributed by atoms with Gasteiger partial charge in [0, 0.05) is 13.1 Å². The molecule has 0 unspecified atom stereocenters. The molecule has 2 heterocycles. The van der Waals surface area contributed by atoms with E-state index < -0.39 is 17.8 Å². The van der Waals surface area contributed by atoms with Crippen LogP contribution in [0.2, 0.25) is 0 Å². The summed E-state index contributed by atoms with van der Waals surface area (Å²) in [6.07, 6.45) is -4.59. The molecule has 10 heteroatoms. The molecule has 29 heavy (non-hydrogen) atoms. The van der Waals surface area contributed by atoms with Crippen molar-refractivity contribution >= 4 is 11.6 Å². The lowest BCUT2D eigenvalue weighted by Gasteiger charge is -2.08. The zero-order chi connectivity index (χ0) is 21.3. The zero-order valence-corrected chi connectivity index (χ0v) is 16.3. The molecule has 0 saturated carbocycles. The Hall–Kier alpha value is -3.30. The number of halogens is 3. The Morgan fingerprint density at radius 2 is 1.93 bits per heavy atom. The zero-order valence-electron chi connectivity index (χ0n) is 16.3. The van der Waals surface area contributed by atoms with Gasteiger partial charge in [0.1, 0.15) is 11.4 Å². The third-order valence-corrected chi connectivity index (χ3v) is 4.49. The van der Waals surface area contributed by atoms with E-state index in [9.17, 15) is 18.0 Å². The number of carbonyl (C=O) groups is 1. The maximum absolute atomic E-state index is 12.9. The van der Waals surface area contributed by atoms with Crippen LogP contribution in [-0.4, -0.2) is 32.6 Å². The predicted octanol–water partition coefficient (Wildman–Crippen LogP) is 3.56. The Morgan fingerprint density at radius 3 is 2.55 bits per heavy atom. The lowest BCUT2D eigenvalue weighted by Crippen LogP contribution is -2.14. The molecular formula is C19H20F3N5O2. The molecule has 3 aromatic rings. The van der Waals surface area contributed by atoms with Crippen molar-refractivity contribution in [3.63, 3.8) is 0 Å². The van der Waals surface area contributed by atoms with Crippen LogP contribution >= 0.6 is 0 Å². The SMILES string of the molecule is COc1cccc(Cn2nc(C)c(NC(=O)c3cc(C(F)(F)F)n(C)n3)c2C)c1. The minimum atomic E-state index is -4.59. The summed E-state index contributed by atoms with van der Waals surface area (Å²) in [7, 11) is 2.72. The van der Waals surface area contributed by atoms with Gasteiger partial charge >= 0.3 is 6.18 Å². The highest BCUT2D eigenvalue weighted by Gasteiger charge is 2.35. The van der Waals surface area contributed by atoms with Gasteiger partial charge in [0.05, 0.1) is 30.7 Å². The summed E-state index contributed by atoms with van der Waals surface area (Å²) in [5.74, 6) is -0.0172. The van der Waals surface area contributed by atoms with Gasteiger partial charge in [-0.25, -0.2) is 0 Å². The highest BCUT2D eigenvalue weighted by molar-refractivity contribution is 6.03. The first kappa shape index (κ1) is 20.4. The van der Waals surface area contributed by atoms with Crippen molar-refractivity contribution in [2.24, 2.45) is 7.05 Å². The summed E-state index contributed by atoms with van der Waals surface area (Å²) in [6, 6.07) is 8.21. The second kappa shape index (κ2) is 7.61. The quantitative estimate of drug-likeness (QED) is 0.702. The van der Waals surface area contributed by atoms with Gasteiger partial charge in [-0.3, -0.25) is 14.2 Å². The van der Waals surface area contributed by atoms with Crippen LogP contribution in [-0.2, 0) is 19.8 Å². The maximum Gasteiger partial charge on any atom is 0.433 e. The Labute approximate surface area is 165 Å². The van der Waals surface area contributed by atoms with Crippen LogP contribution in [0.4, 0.5) is 18.9 Å². The average molecular weight is 407 g/mol. The molecule has 0 aliphatic rings. The fourth-order valence-electron chi connectivity index (χ4n) is 3.00. The minimum Gasteiger partial charge on any atom is -0.497 e. The summed E-state index contributed by atoms with van der Waals surface area (Å²) in [4.78, 5) is 12.5. The molecule has 0 radical (unpaired) electrons. The van der Waals surface area contributed by atoms with Crippen molar-refractivity contribution in [2.75, 3.05) is 12.4 Å². The van der Waals surface area contributed by atoms with E-state index in [-0.39, 0.29) is 5.69 Å². The van der Waals surface area contributed by atoms with E-state index in [2.05, 4.69) is 15.5 Å². The number of methoxy groups -OCH3 is 1. The number of ether oxygens (including phenoxy) is 1. The molecule has 1 amide bonds. The Bertz CT molecular complexity index is 1050. The van der Waals surface area contributed by atoms with Gasteiger partial charge in [-0.05, 0) is 31.5 Å². The third-order valence-electron chi connectivity index (χ3n) is 4.49. The number of nitrogens with zero attached hydrogens (tertiary/aromatic N) is 4. The summed E-state index contributed by atoms with van der Waals surface area (Å²) in [5, 5.41) is 10.7. The number of nitrogens with one attached hydrogen (secondary N) is 1. The van der Waals surface area contributed by atoms with Crippen LogP contribution < -0.4 is 10.1 Å². The second-order valence-corrected chi connectivity index (χ2v) is 6.55. The number of benzene rings is 1. The monoisotopic (exact) mass is 407 g/mol. The van der Waals surface area contributed by atoms with Gasteiger partial charge in [-0.1, -0.05) is 12.1 Å². The highest BCUT2D eigenvalue weighted by atomic mass is 19.4. The summed E-state index contributed by atoms with van der Waals surface area (Å²) in [6.45, 7) is 3.93. The van der Waals surface area contributed by atoms with E-state index in [4.69, 9.17) is 4.74 Å². The number of carbonyl (C=O) groups excluding carboxylic acids is 1. The number of amides is 1. The molecule has 7 nitrogen and oxygen atoms in total. The molecule has 1 aromatic carbocycles. The Kier molecular flexibility index (Phi) is 5.36. The maximum atomic E-state index is 12.9. The minimum absolute atomic E-state index is 0.320. The second-order valence-electron chi connectivity index (χ2n) is 6.55. The normalized spacial score (nSPS) is 11.6. The first-order valence-corrected chi connectivity index (χ1v) is 8.69. The van der Waals surface area contributed by atoms with Crippen molar-refractivity contribution in [1.82, 2.24) is 19.6 Å². The summed E-state index contributed by atoms with van der Waals surface area (Å²) < 4.78 is 46.4. The van der Waals surface area contributed by atoms with E-state index in [1.54, 1.807) is 25.6 Å². The molecule has 0 aliphatic carbocycles. The molecule has 2 aromatic heterocycles. The number of hydrogen-bond acceptors (Lipinski definition) is 4. The number of anilines is 1. The van der Waals surface area contributed by atoms with E-state index in [1.807, 2.05) is 24.3 Å².